The predicted molar refractivity (Wildman–Crippen MR) is 123 cm³/mol. The normalized spacial score (nSPS) is 13.8. The second-order valence-electron chi connectivity index (χ2n) is 9.07. The van der Waals surface area contributed by atoms with E-state index in [9.17, 15) is 13.6 Å². The molecule has 1 atom stereocenters. The van der Waals surface area contributed by atoms with Crippen LogP contribution < -0.4 is 10.1 Å². The number of nitrogens with one attached hydrogen (secondary N) is 1. The molecule has 0 fully saturated rings. The third-order valence-corrected chi connectivity index (χ3v) is 5.44. The third-order valence-electron chi connectivity index (χ3n) is 5.21. The molecule has 7 nitrogen and oxygen atoms in total. The van der Waals surface area contributed by atoms with Crippen LogP contribution in [0.3, 0.4) is 0 Å². The molecular formula is C24H25ClF2N4O3. The quantitative estimate of drug-likeness (QED) is 0.547. The van der Waals surface area contributed by atoms with Gasteiger partial charge >= 0.3 is 6.09 Å². The molecule has 2 heterocycles. The summed E-state index contributed by atoms with van der Waals surface area (Å²) in [6, 6.07) is 7.87. The first-order chi connectivity index (χ1) is 16.1. The lowest BCUT2D eigenvalue weighted by Crippen LogP contribution is -2.42. The molecule has 2 aromatic carbocycles. The van der Waals surface area contributed by atoms with Crippen LogP contribution in [0.5, 0.6) is 5.75 Å². The molecule has 4 rings (SSSR count). The first-order valence-electron chi connectivity index (χ1n) is 10.9. The van der Waals surface area contributed by atoms with Crippen molar-refractivity contribution in [2.75, 3.05) is 6.61 Å². The van der Waals surface area contributed by atoms with E-state index in [1.165, 1.54) is 0 Å². The van der Waals surface area contributed by atoms with Gasteiger partial charge in [-0.1, -0.05) is 11.6 Å². The number of aromatic nitrogens is 3. The topological polar surface area (TPSA) is 78.3 Å². The number of nitrogens with zero attached hydrogens (tertiary/aromatic N) is 3. The average Bonchev–Trinajstić information content (AvgIpc) is 3.03. The van der Waals surface area contributed by atoms with Crippen LogP contribution in [0.15, 0.2) is 36.4 Å². The molecule has 180 valence electrons. The van der Waals surface area contributed by atoms with Crippen molar-refractivity contribution < 1.29 is 23.0 Å². The van der Waals surface area contributed by atoms with Gasteiger partial charge in [-0.2, -0.15) is 0 Å². The highest BCUT2D eigenvalue weighted by Gasteiger charge is 2.26. The summed E-state index contributed by atoms with van der Waals surface area (Å²) < 4.78 is 41.2. The highest BCUT2D eigenvalue weighted by atomic mass is 35.5. The molecular weight excluding hydrogens is 466 g/mol. The number of amides is 1. The predicted octanol–water partition coefficient (Wildman–Crippen LogP) is 4.95. The third kappa shape index (κ3) is 5.64. The second-order valence-corrected chi connectivity index (χ2v) is 9.50. The highest BCUT2D eigenvalue weighted by molar-refractivity contribution is 6.30. The molecule has 1 aromatic heterocycles. The van der Waals surface area contributed by atoms with E-state index in [0.29, 0.717) is 41.1 Å². The minimum atomic E-state index is -0.717. The fraction of sp³-hybridized carbons (Fsp3) is 0.375. The Kier molecular flexibility index (Phi) is 6.74. The Balaban J connectivity index is 1.64. The first-order valence-corrected chi connectivity index (χ1v) is 11.2. The second kappa shape index (κ2) is 9.58. The van der Waals surface area contributed by atoms with Crippen LogP contribution in [0, 0.1) is 11.6 Å². The van der Waals surface area contributed by atoms with Crippen molar-refractivity contribution in [3.8, 4) is 17.1 Å². The zero-order valence-corrected chi connectivity index (χ0v) is 19.8. The minimum absolute atomic E-state index is 0.0317. The zero-order chi connectivity index (χ0) is 24.5. The molecule has 0 unspecified atom stereocenters. The van der Waals surface area contributed by atoms with Crippen molar-refractivity contribution in [1.29, 1.82) is 0 Å². The maximum absolute atomic E-state index is 14.4. The average molecular weight is 491 g/mol. The van der Waals surface area contributed by atoms with Gasteiger partial charge in [0.1, 0.15) is 35.4 Å². The van der Waals surface area contributed by atoms with E-state index in [2.05, 4.69) is 15.5 Å². The van der Waals surface area contributed by atoms with Crippen LogP contribution in [-0.4, -0.2) is 39.1 Å². The lowest BCUT2D eigenvalue weighted by Gasteiger charge is -2.24. The number of ether oxygens (including phenoxy) is 2. The standard InChI is InChI=1S/C24H25ClF2N4O3/c1-24(2,3)34-23(32)28-17(11-14-10-16(26)5-6-19(14)27)13-21-29-30-22-18-12-15(25)4-7-20(18)33-9-8-31(21)22/h4-7,10,12,17H,8-9,11,13H2,1-3H3,(H,28,32)/t17-/m1/s1. The van der Waals surface area contributed by atoms with Gasteiger partial charge in [-0.25, -0.2) is 13.6 Å². The summed E-state index contributed by atoms with van der Waals surface area (Å²) in [7, 11) is 0. The molecule has 1 aliphatic heterocycles. The monoisotopic (exact) mass is 490 g/mol. The van der Waals surface area contributed by atoms with E-state index >= 15 is 0 Å². The number of halogens is 3. The number of alkyl carbamates (subject to hydrolysis) is 1. The van der Waals surface area contributed by atoms with Crippen molar-refractivity contribution in [3.63, 3.8) is 0 Å². The van der Waals surface area contributed by atoms with Crippen molar-refractivity contribution in [1.82, 2.24) is 20.1 Å². The number of rotatable bonds is 5. The molecule has 0 saturated carbocycles. The maximum Gasteiger partial charge on any atom is 0.407 e. The largest absolute Gasteiger partial charge is 0.491 e. The molecule has 0 saturated heterocycles. The maximum atomic E-state index is 14.4. The van der Waals surface area contributed by atoms with Gasteiger partial charge in [0, 0.05) is 17.5 Å². The number of benzene rings is 2. The van der Waals surface area contributed by atoms with Crippen molar-refractivity contribution in [3.05, 3.63) is 64.4 Å². The van der Waals surface area contributed by atoms with Gasteiger partial charge in [-0.05, 0) is 69.2 Å². The Labute approximate surface area is 201 Å². The van der Waals surface area contributed by atoms with Gasteiger partial charge < -0.3 is 19.4 Å². The number of hydrogen-bond donors (Lipinski definition) is 1. The smallest absolute Gasteiger partial charge is 0.407 e. The van der Waals surface area contributed by atoms with Crippen molar-refractivity contribution in [2.45, 2.75) is 51.8 Å². The van der Waals surface area contributed by atoms with Crippen molar-refractivity contribution >= 4 is 17.7 Å². The Morgan fingerprint density at radius 3 is 2.76 bits per heavy atom. The molecule has 0 spiro atoms. The first kappa shape index (κ1) is 23.9. The Morgan fingerprint density at radius 2 is 2.00 bits per heavy atom. The van der Waals surface area contributed by atoms with E-state index in [1.807, 2.05) is 4.57 Å². The van der Waals surface area contributed by atoms with E-state index in [-0.39, 0.29) is 18.4 Å². The van der Waals surface area contributed by atoms with Crippen LogP contribution in [0.1, 0.15) is 32.2 Å². The number of fused-ring (bicyclic) bond motifs is 3. The van der Waals surface area contributed by atoms with E-state index < -0.39 is 29.4 Å². The summed E-state index contributed by atoms with van der Waals surface area (Å²) in [4.78, 5) is 12.5. The summed E-state index contributed by atoms with van der Waals surface area (Å²) >= 11 is 6.17. The molecule has 10 heteroatoms. The van der Waals surface area contributed by atoms with Crippen LogP contribution >= 0.6 is 11.6 Å². The number of hydrogen-bond acceptors (Lipinski definition) is 5. The van der Waals surface area contributed by atoms with Crippen LogP contribution in [0.4, 0.5) is 13.6 Å². The molecule has 1 amide bonds. The van der Waals surface area contributed by atoms with E-state index in [1.54, 1.807) is 39.0 Å². The fourth-order valence-electron chi connectivity index (χ4n) is 3.80. The summed E-state index contributed by atoms with van der Waals surface area (Å²) in [5.41, 5.74) is 0.124. The Morgan fingerprint density at radius 1 is 1.21 bits per heavy atom. The SMILES string of the molecule is CC(C)(C)OC(=O)N[C@H](Cc1cc(F)ccc1F)Cc1nnc2n1CCOc1ccc(Cl)cc1-2. The zero-order valence-electron chi connectivity index (χ0n) is 19.1. The molecule has 0 radical (unpaired) electrons. The molecule has 0 aliphatic carbocycles. The molecule has 0 bridgehead atoms. The lowest BCUT2D eigenvalue weighted by atomic mass is 10.0. The summed E-state index contributed by atoms with van der Waals surface area (Å²) in [6.45, 7) is 6.09. The summed E-state index contributed by atoms with van der Waals surface area (Å²) in [5.74, 6) is 0.665. The van der Waals surface area contributed by atoms with Crippen molar-refractivity contribution in [2.24, 2.45) is 0 Å². The Hall–Kier alpha value is -3.20. The van der Waals surface area contributed by atoms with Gasteiger partial charge in [-0.3, -0.25) is 0 Å². The van der Waals surface area contributed by atoms with Crippen LogP contribution in [-0.2, 0) is 24.1 Å². The minimum Gasteiger partial charge on any atom is -0.491 e. The summed E-state index contributed by atoms with van der Waals surface area (Å²) in [5, 5.41) is 12.0. The molecule has 1 N–H and O–H groups in total. The van der Waals surface area contributed by atoms with Crippen LogP contribution in [0.2, 0.25) is 5.02 Å². The van der Waals surface area contributed by atoms with E-state index in [4.69, 9.17) is 21.1 Å². The van der Waals surface area contributed by atoms with Gasteiger partial charge in [-0.15, -0.1) is 10.2 Å². The highest BCUT2D eigenvalue weighted by Crippen LogP contribution is 2.34. The number of carbonyl (C=O) groups excluding carboxylic acids is 1. The summed E-state index contributed by atoms with van der Waals surface area (Å²) in [6.07, 6.45) is -0.424. The van der Waals surface area contributed by atoms with Crippen LogP contribution in [0.25, 0.3) is 11.4 Å². The van der Waals surface area contributed by atoms with Gasteiger partial charge in [0.05, 0.1) is 12.1 Å². The lowest BCUT2D eigenvalue weighted by molar-refractivity contribution is 0.0503. The molecule has 34 heavy (non-hydrogen) atoms. The van der Waals surface area contributed by atoms with Gasteiger partial charge in [0.25, 0.3) is 0 Å². The van der Waals surface area contributed by atoms with E-state index in [0.717, 1.165) is 18.2 Å². The molecule has 1 aliphatic rings. The molecule has 3 aromatic rings. The number of carbonyl (C=O) groups is 1. The Bertz CT molecular complexity index is 1210. The fourth-order valence-corrected chi connectivity index (χ4v) is 3.98. The van der Waals surface area contributed by atoms with Gasteiger partial charge in [0.15, 0.2) is 5.82 Å². The van der Waals surface area contributed by atoms with Gasteiger partial charge in [0.2, 0.25) is 0 Å².